The van der Waals surface area contributed by atoms with Crippen molar-refractivity contribution in [3.05, 3.63) is 77.5 Å². The van der Waals surface area contributed by atoms with Crippen molar-refractivity contribution in [3.63, 3.8) is 0 Å². The Kier molecular flexibility index (Phi) is 5.53. The summed E-state index contributed by atoms with van der Waals surface area (Å²) in [4.78, 5) is 14.2. The lowest BCUT2D eigenvalue weighted by atomic mass is 10.2. The Morgan fingerprint density at radius 1 is 0.857 bits per heavy atom. The zero-order chi connectivity index (χ0) is 19.3. The molecule has 0 unspecified atom stereocenters. The van der Waals surface area contributed by atoms with E-state index in [1.54, 1.807) is 0 Å². The van der Waals surface area contributed by atoms with Crippen molar-refractivity contribution < 1.29 is 0 Å². The molecule has 0 aliphatic carbocycles. The quantitative estimate of drug-likeness (QED) is 0.727. The molecule has 5 heteroatoms. The number of piperazine rings is 1. The first-order valence-electron chi connectivity index (χ1n) is 9.86. The minimum Gasteiger partial charge on any atom is -0.354 e. The average Bonchev–Trinajstić information content (AvgIpc) is 2.69. The Morgan fingerprint density at radius 3 is 2.39 bits per heavy atom. The fourth-order valence-corrected chi connectivity index (χ4v) is 3.60. The Morgan fingerprint density at radius 2 is 1.64 bits per heavy atom. The summed E-state index contributed by atoms with van der Waals surface area (Å²) in [6.45, 7) is 9.16. The molecule has 2 heterocycles. The molecule has 28 heavy (non-hydrogen) atoms. The molecule has 1 fully saturated rings. The second-order valence-corrected chi connectivity index (χ2v) is 7.43. The van der Waals surface area contributed by atoms with Crippen LogP contribution in [0.4, 0.5) is 17.5 Å². The van der Waals surface area contributed by atoms with Gasteiger partial charge in [0.05, 0.1) is 0 Å². The fourth-order valence-electron chi connectivity index (χ4n) is 3.60. The number of benzene rings is 2. The minimum atomic E-state index is 0.660. The predicted octanol–water partition coefficient (Wildman–Crippen LogP) is 4.16. The molecule has 0 spiro atoms. The lowest BCUT2D eigenvalue weighted by Gasteiger charge is -2.35. The highest BCUT2D eigenvalue weighted by Crippen LogP contribution is 2.20. The number of rotatable bonds is 5. The van der Waals surface area contributed by atoms with Crippen LogP contribution in [0.3, 0.4) is 0 Å². The van der Waals surface area contributed by atoms with Crippen molar-refractivity contribution >= 4 is 17.5 Å². The molecular weight excluding hydrogens is 346 g/mol. The fraction of sp³-hybridized carbons (Fsp3) is 0.304. The SMILES string of the molecule is Cc1cccc(Nc2nc(C)cc(N3CCN(Cc4ccccc4)CC3)n2)c1. The monoisotopic (exact) mass is 373 g/mol. The number of anilines is 3. The molecule has 2 aromatic carbocycles. The smallest absolute Gasteiger partial charge is 0.229 e. The van der Waals surface area contributed by atoms with Gasteiger partial charge in [-0.3, -0.25) is 4.90 Å². The summed E-state index contributed by atoms with van der Waals surface area (Å²) in [5.74, 6) is 1.66. The molecule has 144 valence electrons. The Balaban J connectivity index is 1.41. The Labute approximate surface area is 167 Å². The third-order valence-corrected chi connectivity index (χ3v) is 5.06. The maximum atomic E-state index is 4.78. The molecule has 0 saturated carbocycles. The van der Waals surface area contributed by atoms with E-state index in [-0.39, 0.29) is 0 Å². The summed E-state index contributed by atoms with van der Waals surface area (Å²) in [5.41, 5.74) is 4.59. The van der Waals surface area contributed by atoms with E-state index in [1.165, 1.54) is 11.1 Å². The first-order chi connectivity index (χ1) is 13.7. The molecule has 1 aliphatic rings. The van der Waals surface area contributed by atoms with Gasteiger partial charge >= 0.3 is 0 Å². The van der Waals surface area contributed by atoms with Gasteiger partial charge in [0.15, 0.2) is 0 Å². The first-order valence-corrected chi connectivity index (χ1v) is 9.86. The average molecular weight is 374 g/mol. The summed E-state index contributed by atoms with van der Waals surface area (Å²) in [6.07, 6.45) is 0. The first kappa shape index (κ1) is 18.4. The third-order valence-electron chi connectivity index (χ3n) is 5.06. The predicted molar refractivity (Wildman–Crippen MR) is 115 cm³/mol. The van der Waals surface area contributed by atoms with Crippen LogP contribution in [0.5, 0.6) is 0 Å². The van der Waals surface area contributed by atoms with Gasteiger partial charge in [-0.25, -0.2) is 4.98 Å². The van der Waals surface area contributed by atoms with Crippen molar-refractivity contribution in [1.82, 2.24) is 14.9 Å². The molecule has 4 rings (SSSR count). The van der Waals surface area contributed by atoms with Crippen LogP contribution in [0.2, 0.25) is 0 Å². The molecule has 1 aromatic heterocycles. The van der Waals surface area contributed by atoms with E-state index in [9.17, 15) is 0 Å². The van der Waals surface area contributed by atoms with Gasteiger partial charge in [0.2, 0.25) is 5.95 Å². The van der Waals surface area contributed by atoms with Gasteiger partial charge < -0.3 is 10.2 Å². The van der Waals surface area contributed by atoms with Gasteiger partial charge in [-0.15, -0.1) is 0 Å². The topological polar surface area (TPSA) is 44.3 Å². The lowest BCUT2D eigenvalue weighted by Crippen LogP contribution is -2.46. The van der Waals surface area contributed by atoms with Crippen molar-refractivity contribution in [2.24, 2.45) is 0 Å². The second kappa shape index (κ2) is 8.40. The molecule has 0 atom stereocenters. The zero-order valence-electron chi connectivity index (χ0n) is 16.6. The van der Waals surface area contributed by atoms with Gasteiger partial charge in [0.1, 0.15) is 5.82 Å². The molecule has 3 aromatic rings. The van der Waals surface area contributed by atoms with Crippen LogP contribution in [-0.2, 0) is 6.54 Å². The number of nitrogens with zero attached hydrogens (tertiary/aromatic N) is 4. The summed E-state index contributed by atoms with van der Waals surface area (Å²) in [5, 5.41) is 3.35. The lowest BCUT2D eigenvalue weighted by molar-refractivity contribution is 0.249. The summed E-state index contributed by atoms with van der Waals surface area (Å²) in [6, 6.07) is 21.0. The highest BCUT2D eigenvalue weighted by Gasteiger charge is 2.19. The minimum absolute atomic E-state index is 0.660. The zero-order valence-corrected chi connectivity index (χ0v) is 16.6. The number of hydrogen-bond donors (Lipinski definition) is 1. The van der Waals surface area contributed by atoms with Gasteiger partial charge in [0.25, 0.3) is 0 Å². The maximum absolute atomic E-state index is 4.78. The van der Waals surface area contributed by atoms with Gasteiger partial charge in [-0.2, -0.15) is 4.98 Å². The second-order valence-electron chi connectivity index (χ2n) is 7.43. The highest BCUT2D eigenvalue weighted by atomic mass is 15.3. The van der Waals surface area contributed by atoms with Crippen LogP contribution in [0.15, 0.2) is 60.7 Å². The molecular formula is C23H27N5. The van der Waals surface area contributed by atoms with Gasteiger partial charge in [0, 0.05) is 50.2 Å². The van der Waals surface area contributed by atoms with E-state index in [1.807, 2.05) is 19.1 Å². The summed E-state index contributed by atoms with van der Waals surface area (Å²) < 4.78 is 0. The van der Waals surface area contributed by atoms with E-state index in [2.05, 4.69) is 75.6 Å². The van der Waals surface area contributed by atoms with Crippen LogP contribution in [0.25, 0.3) is 0 Å². The maximum Gasteiger partial charge on any atom is 0.229 e. The van der Waals surface area contributed by atoms with Crippen LogP contribution in [0, 0.1) is 13.8 Å². The van der Waals surface area contributed by atoms with Crippen LogP contribution in [0.1, 0.15) is 16.8 Å². The van der Waals surface area contributed by atoms with Crippen molar-refractivity contribution in [1.29, 1.82) is 0 Å². The van der Waals surface area contributed by atoms with E-state index < -0.39 is 0 Å². The van der Waals surface area contributed by atoms with Crippen LogP contribution in [-0.4, -0.2) is 41.0 Å². The van der Waals surface area contributed by atoms with E-state index >= 15 is 0 Å². The number of aryl methyl sites for hydroxylation is 2. The molecule has 5 nitrogen and oxygen atoms in total. The van der Waals surface area contributed by atoms with Gasteiger partial charge in [-0.05, 0) is 37.1 Å². The van der Waals surface area contributed by atoms with Crippen LogP contribution < -0.4 is 10.2 Å². The summed E-state index contributed by atoms with van der Waals surface area (Å²) in [7, 11) is 0. The summed E-state index contributed by atoms with van der Waals surface area (Å²) >= 11 is 0. The van der Waals surface area contributed by atoms with Crippen molar-refractivity contribution in [2.45, 2.75) is 20.4 Å². The normalized spacial score (nSPS) is 14.9. The molecule has 1 aliphatic heterocycles. The Bertz CT molecular complexity index is 917. The van der Waals surface area contributed by atoms with E-state index in [0.29, 0.717) is 5.95 Å². The number of hydrogen-bond acceptors (Lipinski definition) is 5. The number of nitrogens with one attached hydrogen (secondary N) is 1. The Hall–Kier alpha value is -2.92. The molecule has 1 N–H and O–H groups in total. The molecule has 0 bridgehead atoms. The van der Waals surface area contributed by atoms with E-state index in [4.69, 9.17) is 4.98 Å². The van der Waals surface area contributed by atoms with Crippen molar-refractivity contribution in [3.8, 4) is 0 Å². The van der Waals surface area contributed by atoms with Crippen LogP contribution >= 0.6 is 0 Å². The highest BCUT2D eigenvalue weighted by molar-refractivity contribution is 5.56. The largest absolute Gasteiger partial charge is 0.354 e. The standard InChI is InChI=1S/C23H27N5/c1-18-7-6-10-21(15-18)25-23-24-19(2)16-22(26-23)28-13-11-27(12-14-28)17-20-8-4-3-5-9-20/h3-10,15-16H,11-14,17H2,1-2H3,(H,24,25,26). The number of aromatic nitrogens is 2. The van der Waals surface area contributed by atoms with Crippen molar-refractivity contribution in [2.75, 3.05) is 36.4 Å². The third kappa shape index (κ3) is 4.67. The molecule has 0 amide bonds. The van der Waals surface area contributed by atoms with E-state index in [0.717, 1.165) is 49.9 Å². The molecule has 0 radical (unpaired) electrons. The van der Waals surface area contributed by atoms with Gasteiger partial charge in [-0.1, -0.05) is 42.5 Å². The molecule has 1 saturated heterocycles.